The molecule has 4 aromatic rings. The summed E-state index contributed by atoms with van der Waals surface area (Å²) < 4.78 is 11.5. The molecule has 14 heteroatoms. The van der Waals surface area contributed by atoms with Gasteiger partial charge in [0.1, 0.15) is 13.2 Å². The quantitative estimate of drug-likeness (QED) is 0.0256. The van der Waals surface area contributed by atoms with E-state index < -0.39 is 12.2 Å². The fraction of sp³-hybridized carbons (Fsp3) is 0.481. The van der Waals surface area contributed by atoms with Crippen LogP contribution in [0.1, 0.15) is 98.3 Å². The standard InChI is InChI=1S/C54H69N7O6S/c62-50(56-29-15-2-1-13-27-55-28-14-3-4-26-49-51-48(37-68-49)59-52(63)60-51)34-61(32-16-30-57-53(64)66-35-46-42-22-9-5-18-38(42)39-19-6-10-23-43(39)46)33-17-31-58-54(65)67-36-47-44-24-11-7-20-40(44)41-21-8-12-25-45(41)47/h5-12,18-25,46-49,51,55H,1-4,13-17,26-37H2,(H,56,62)(H,57,64)(H,58,65)(H2,59,60,63)/t48-,49-,51-/m0/s1. The third-order valence-corrected chi connectivity index (χ3v) is 15.3. The predicted octanol–water partition coefficient (Wildman–Crippen LogP) is 8.14. The Kier molecular flexibility index (Phi) is 18.1. The van der Waals surface area contributed by atoms with Crippen molar-refractivity contribution in [1.82, 2.24) is 36.8 Å². The van der Waals surface area contributed by atoms with E-state index in [2.05, 4.69) is 85.3 Å². The smallest absolute Gasteiger partial charge is 0.407 e. The van der Waals surface area contributed by atoms with E-state index in [-0.39, 0.29) is 43.5 Å². The van der Waals surface area contributed by atoms with Crippen molar-refractivity contribution in [3.8, 4) is 22.3 Å². The zero-order valence-corrected chi connectivity index (χ0v) is 40.1. The van der Waals surface area contributed by atoms with Crippen LogP contribution in [0, 0.1) is 0 Å². The molecular formula is C54H69N7O6S. The zero-order valence-electron chi connectivity index (χ0n) is 39.3. The van der Waals surface area contributed by atoms with Gasteiger partial charge in [-0.1, -0.05) is 123 Å². The minimum absolute atomic E-state index is 0.00894. The molecule has 68 heavy (non-hydrogen) atoms. The summed E-state index contributed by atoms with van der Waals surface area (Å²) in [5.41, 5.74) is 9.42. The average molecular weight is 944 g/mol. The molecule has 13 nitrogen and oxygen atoms in total. The van der Waals surface area contributed by atoms with Gasteiger partial charge in [0.15, 0.2) is 0 Å². The maximum Gasteiger partial charge on any atom is 0.407 e. The van der Waals surface area contributed by atoms with Crippen LogP contribution in [0.5, 0.6) is 0 Å². The second-order valence-corrected chi connectivity index (χ2v) is 19.7. The summed E-state index contributed by atoms with van der Waals surface area (Å²) in [4.78, 5) is 52.6. The number of nitrogens with one attached hydrogen (secondary N) is 6. The van der Waals surface area contributed by atoms with Crippen molar-refractivity contribution in [2.75, 3.05) is 71.3 Å². The van der Waals surface area contributed by atoms with Crippen molar-refractivity contribution in [3.63, 3.8) is 0 Å². The number of urea groups is 1. The van der Waals surface area contributed by atoms with E-state index >= 15 is 0 Å². The van der Waals surface area contributed by atoms with E-state index in [1.165, 1.54) is 63.8 Å². The maximum absolute atomic E-state index is 13.2. The van der Waals surface area contributed by atoms with Crippen molar-refractivity contribution < 1.29 is 28.7 Å². The Balaban J connectivity index is 0.706. The number of fused-ring (bicyclic) bond motifs is 7. The van der Waals surface area contributed by atoms with Gasteiger partial charge in [-0.3, -0.25) is 9.69 Å². The Morgan fingerprint density at radius 2 is 1.01 bits per heavy atom. The first-order valence-corrected chi connectivity index (χ1v) is 26.0. The molecule has 0 saturated carbocycles. The summed E-state index contributed by atoms with van der Waals surface area (Å²) in [7, 11) is 0. The molecule has 3 atom stereocenters. The SMILES string of the molecule is O=C(CN(CCCNC(=O)OCC1c2ccccc2-c2ccccc21)CCCNC(=O)OCC1c2ccccc2-c2ccccc21)NCCCCCCNCCCCC[C@@H]1SC[C@@H]2NC(=O)N[C@@H]21. The van der Waals surface area contributed by atoms with Gasteiger partial charge in [0, 0.05) is 55.6 Å². The van der Waals surface area contributed by atoms with Gasteiger partial charge in [-0.15, -0.1) is 0 Å². The lowest BCUT2D eigenvalue weighted by molar-refractivity contribution is -0.122. The Morgan fingerprint density at radius 1 is 0.559 bits per heavy atom. The van der Waals surface area contributed by atoms with Gasteiger partial charge in [-0.2, -0.15) is 11.8 Å². The highest BCUT2D eigenvalue weighted by Gasteiger charge is 2.42. The average Bonchev–Trinajstić information content (AvgIpc) is 4.10. The maximum atomic E-state index is 13.2. The van der Waals surface area contributed by atoms with Crippen molar-refractivity contribution >= 4 is 35.9 Å². The van der Waals surface area contributed by atoms with Crippen molar-refractivity contribution in [2.45, 2.75) is 93.4 Å². The molecule has 8 rings (SSSR count). The number of alkyl carbamates (subject to hydrolysis) is 2. The van der Waals surface area contributed by atoms with Gasteiger partial charge in [0.25, 0.3) is 0 Å². The number of carbonyl (C=O) groups excluding carboxylic acids is 4. The summed E-state index contributed by atoms with van der Waals surface area (Å²) in [5.74, 6) is 0.969. The largest absolute Gasteiger partial charge is 0.449 e. The van der Waals surface area contributed by atoms with E-state index in [1.807, 2.05) is 60.3 Å². The molecule has 2 saturated heterocycles. The first kappa shape index (κ1) is 48.9. The van der Waals surface area contributed by atoms with Gasteiger partial charge < -0.3 is 41.4 Å². The van der Waals surface area contributed by atoms with E-state index in [4.69, 9.17) is 9.47 Å². The Hall–Kier alpha value is -5.57. The third kappa shape index (κ3) is 13.1. The van der Waals surface area contributed by atoms with E-state index in [1.54, 1.807) is 0 Å². The molecule has 2 fully saturated rings. The number of thioether (sulfide) groups is 1. The van der Waals surface area contributed by atoms with E-state index in [9.17, 15) is 19.2 Å². The molecule has 0 bridgehead atoms. The molecule has 0 spiro atoms. The topological polar surface area (TPSA) is 162 Å². The van der Waals surface area contributed by atoms with Crippen molar-refractivity contribution in [2.24, 2.45) is 0 Å². The third-order valence-electron chi connectivity index (χ3n) is 13.8. The Bertz CT molecular complexity index is 2100. The molecule has 2 heterocycles. The molecule has 6 N–H and O–H groups in total. The second-order valence-electron chi connectivity index (χ2n) is 18.5. The molecule has 0 radical (unpaired) electrons. The first-order valence-electron chi connectivity index (χ1n) is 25.0. The second kappa shape index (κ2) is 25.2. The van der Waals surface area contributed by atoms with Crippen molar-refractivity contribution in [1.29, 1.82) is 0 Å². The highest BCUT2D eigenvalue weighted by molar-refractivity contribution is 8.00. The van der Waals surface area contributed by atoms with Gasteiger partial charge in [-0.25, -0.2) is 14.4 Å². The number of hydrogen-bond acceptors (Lipinski definition) is 9. The summed E-state index contributed by atoms with van der Waals surface area (Å²) >= 11 is 1.99. The first-order chi connectivity index (χ1) is 33.4. The van der Waals surface area contributed by atoms with Crippen LogP contribution in [0.3, 0.4) is 0 Å². The Labute approximate surface area is 406 Å². The summed E-state index contributed by atoms with van der Waals surface area (Å²) in [5, 5.41) is 19.2. The van der Waals surface area contributed by atoms with E-state index in [0.717, 1.165) is 50.9 Å². The lowest BCUT2D eigenvalue weighted by Crippen LogP contribution is -2.40. The summed E-state index contributed by atoms with van der Waals surface area (Å²) in [6.07, 6.45) is 9.30. The number of ether oxygens (including phenoxy) is 2. The summed E-state index contributed by atoms with van der Waals surface area (Å²) in [6, 6.07) is 33.7. The van der Waals surface area contributed by atoms with Gasteiger partial charge in [-0.05, 0) is 96.1 Å². The highest BCUT2D eigenvalue weighted by atomic mass is 32.2. The van der Waals surface area contributed by atoms with Crippen LogP contribution in [-0.2, 0) is 14.3 Å². The molecule has 0 aromatic heterocycles. The number of unbranched alkanes of at least 4 members (excludes halogenated alkanes) is 5. The molecule has 4 aromatic carbocycles. The van der Waals surface area contributed by atoms with Crippen LogP contribution in [-0.4, -0.2) is 118 Å². The molecule has 2 aliphatic carbocycles. The lowest BCUT2D eigenvalue weighted by atomic mass is 9.98. The molecular weight excluding hydrogens is 875 g/mol. The van der Waals surface area contributed by atoms with E-state index in [0.29, 0.717) is 62.9 Å². The van der Waals surface area contributed by atoms with Crippen LogP contribution in [0.4, 0.5) is 14.4 Å². The molecule has 0 unspecified atom stereocenters. The van der Waals surface area contributed by atoms with Gasteiger partial charge >= 0.3 is 18.2 Å². The number of hydrogen-bond donors (Lipinski definition) is 6. The molecule has 4 aliphatic rings. The van der Waals surface area contributed by atoms with Crippen LogP contribution < -0.4 is 31.9 Å². The van der Waals surface area contributed by atoms with Crippen molar-refractivity contribution in [3.05, 3.63) is 119 Å². The number of benzene rings is 4. The minimum atomic E-state index is -0.456. The summed E-state index contributed by atoms with van der Waals surface area (Å²) in [6.45, 7) is 5.40. The minimum Gasteiger partial charge on any atom is -0.449 e. The monoisotopic (exact) mass is 944 g/mol. The molecule has 2 aliphatic heterocycles. The molecule has 5 amide bonds. The lowest BCUT2D eigenvalue weighted by Gasteiger charge is -2.22. The zero-order chi connectivity index (χ0) is 46.9. The number of rotatable bonds is 27. The van der Waals surface area contributed by atoms with Crippen LogP contribution in [0.15, 0.2) is 97.1 Å². The fourth-order valence-electron chi connectivity index (χ4n) is 10.3. The van der Waals surface area contributed by atoms with Crippen LogP contribution >= 0.6 is 11.8 Å². The highest BCUT2D eigenvalue weighted by Crippen LogP contribution is 2.45. The molecule has 362 valence electrons. The Morgan fingerprint density at radius 3 is 1.53 bits per heavy atom. The van der Waals surface area contributed by atoms with Crippen LogP contribution in [0.2, 0.25) is 0 Å². The fourth-order valence-corrected chi connectivity index (χ4v) is 11.9. The number of amides is 5. The van der Waals surface area contributed by atoms with Gasteiger partial charge in [0.2, 0.25) is 5.91 Å². The van der Waals surface area contributed by atoms with Gasteiger partial charge in [0.05, 0.1) is 18.6 Å². The predicted molar refractivity (Wildman–Crippen MR) is 270 cm³/mol. The number of nitrogens with zero attached hydrogens (tertiary/aromatic N) is 1. The normalized spacial score (nSPS) is 17.7. The van der Waals surface area contributed by atoms with Crippen LogP contribution in [0.25, 0.3) is 22.3 Å². The number of carbonyl (C=O) groups is 4.